The van der Waals surface area contributed by atoms with Crippen LogP contribution in [-0.2, 0) is 16.6 Å². The molecule has 1 aromatic heterocycles. The van der Waals surface area contributed by atoms with Gasteiger partial charge < -0.3 is 9.63 Å². The lowest BCUT2D eigenvalue weighted by Crippen LogP contribution is -2.46. The van der Waals surface area contributed by atoms with Crippen molar-refractivity contribution in [1.82, 2.24) is 14.4 Å². The summed E-state index contributed by atoms with van der Waals surface area (Å²) >= 11 is 0. The lowest BCUT2D eigenvalue weighted by molar-refractivity contribution is 0.0680. The minimum Gasteiger partial charge on any atom is -0.475 e. The van der Waals surface area contributed by atoms with Crippen LogP contribution in [0.25, 0.3) is 0 Å². The second kappa shape index (κ2) is 3.28. The number of carbonyl (C=O) groups is 1. The van der Waals surface area contributed by atoms with Crippen molar-refractivity contribution in [3.8, 4) is 0 Å². The molecule has 2 rings (SSSR count). The first kappa shape index (κ1) is 10.1. The Labute approximate surface area is 84.5 Å². The summed E-state index contributed by atoms with van der Waals surface area (Å²) < 4.78 is 27.9. The van der Waals surface area contributed by atoms with E-state index in [2.05, 4.69) is 14.7 Å². The van der Waals surface area contributed by atoms with Crippen LogP contribution in [0, 0.1) is 0 Å². The SMILES string of the molecule is O=C(O)c1noc(CN2CCS2(=O)=O)n1. The maximum absolute atomic E-state index is 11.1. The van der Waals surface area contributed by atoms with Crippen molar-refractivity contribution in [2.24, 2.45) is 0 Å². The molecule has 1 N–H and O–H groups in total. The molecule has 9 heteroatoms. The van der Waals surface area contributed by atoms with Crippen LogP contribution in [0.15, 0.2) is 4.52 Å². The highest BCUT2D eigenvalue weighted by Crippen LogP contribution is 2.16. The summed E-state index contributed by atoms with van der Waals surface area (Å²) in [6, 6.07) is 0. The molecule has 0 bridgehead atoms. The zero-order chi connectivity index (χ0) is 11.1. The fourth-order valence-electron chi connectivity index (χ4n) is 1.10. The van der Waals surface area contributed by atoms with Gasteiger partial charge in [-0.3, -0.25) is 0 Å². The summed E-state index contributed by atoms with van der Waals surface area (Å²) in [6.45, 7) is 0.329. The molecule has 1 aliphatic rings. The third kappa shape index (κ3) is 1.83. The van der Waals surface area contributed by atoms with E-state index >= 15 is 0 Å². The standard InChI is InChI=1S/C6H7N3O5S/c10-6(11)5-7-4(14-8-5)3-9-1-2-15(9,12)13/h1-3H2,(H,10,11). The average molecular weight is 233 g/mol. The lowest BCUT2D eigenvalue weighted by Gasteiger charge is -2.28. The summed E-state index contributed by atoms with van der Waals surface area (Å²) in [5.74, 6) is -1.69. The molecule has 1 aliphatic heterocycles. The topological polar surface area (TPSA) is 114 Å². The van der Waals surface area contributed by atoms with E-state index < -0.39 is 21.8 Å². The molecule has 0 atom stereocenters. The van der Waals surface area contributed by atoms with Crippen LogP contribution in [0.3, 0.4) is 0 Å². The highest BCUT2D eigenvalue weighted by molar-refractivity contribution is 7.90. The first-order chi connectivity index (χ1) is 6.99. The van der Waals surface area contributed by atoms with Gasteiger partial charge >= 0.3 is 5.97 Å². The van der Waals surface area contributed by atoms with Gasteiger partial charge in [0.05, 0.1) is 12.3 Å². The van der Waals surface area contributed by atoms with Crippen LogP contribution >= 0.6 is 0 Å². The van der Waals surface area contributed by atoms with Gasteiger partial charge in [0.2, 0.25) is 15.9 Å². The molecule has 8 nitrogen and oxygen atoms in total. The zero-order valence-electron chi connectivity index (χ0n) is 7.45. The van der Waals surface area contributed by atoms with E-state index in [4.69, 9.17) is 5.11 Å². The molecular formula is C6H7N3O5S. The molecule has 1 saturated heterocycles. The van der Waals surface area contributed by atoms with Gasteiger partial charge in [-0.2, -0.15) is 9.29 Å². The quantitative estimate of drug-likeness (QED) is 0.705. The van der Waals surface area contributed by atoms with Gasteiger partial charge in [-0.1, -0.05) is 0 Å². The number of sulfonamides is 1. The molecule has 0 spiro atoms. The van der Waals surface area contributed by atoms with Crippen molar-refractivity contribution in [3.05, 3.63) is 11.7 Å². The van der Waals surface area contributed by atoms with Crippen molar-refractivity contribution in [2.45, 2.75) is 6.54 Å². The number of aromatic nitrogens is 2. The van der Waals surface area contributed by atoms with E-state index in [0.717, 1.165) is 4.31 Å². The number of hydrogen-bond donors (Lipinski definition) is 1. The first-order valence-electron chi connectivity index (χ1n) is 4.03. The molecule has 0 aromatic carbocycles. The molecule has 15 heavy (non-hydrogen) atoms. The molecule has 1 aromatic rings. The second-order valence-corrected chi connectivity index (χ2v) is 5.05. The minimum atomic E-state index is -3.17. The summed E-state index contributed by atoms with van der Waals surface area (Å²) in [6.07, 6.45) is 0. The maximum Gasteiger partial charge on any atom is 0.377 e. The van der Waals surface area contributed by atoms with Gasteiger partial charge in [0.15, 0.2) is 0 Å². The number of rotatable bonds is 3. The van der Waals surface area contributed by atoms with E-state index in [1.165, 1.54) is 0 Å². The number of carboxylic acid groups (broad SMARTS) is 1. The van der Waals surface area contributed by atoms with Crippen molar-refractivity contribution in [3.63, 3.8) is 0 Å². The highest BCUT2D eigenvalue weighted by atomic mass is 32.2. The highest BCUT2D eigenvalue weighted by Gasteiger charge is 2.33. The molecule has 0 amide bonds. The van der Waals surface area contributed by atoms with Crippen LogP contribution in [0.1, 0.15) is 16.5 Å². The Morgan fingerprint density at radius 2 is 2.33 bits per heavy atom. The summed E-state index contributed by atoms with van der Waals surface area (Å²) in [5, 5.41) is 11.7. The molecule has 1 fully saturated rings. The summed E-state index contributed by atoms with van der Waals surface area (Å²) in [4.78, 5) is 13.9. The van der Waals surface area contributed by atoms with Crippen molar-refractivity contribution in [2.75, 3.05) is 12.3 Å². The molecule has 2 heterocycles. The Balaban J connectivity index is 2.09. The van der Waals surface area contributed by atoms with Crippen LogP contribution in [0.2, 0.25) is 0 Å². The van der Waals surface area contributed by atoms with Crippen LogP contribution < -0.4 is 0 Å². The van der Waals surface area contributed by atoms with Gasteiger partial charge in [0.1, 0.15) is 0 Å². The molecule has 0 unspecified atom stereocenters. The van der Waals surface area contributed by atoms with E-state index in [-0.39, 0.29) is 18.2 Å². The summed E-state index contributed by atoms with van der Waals surface area (Å²) in [7, 11) is -3.17. The Hall–Kier alpha value is -1.48. The van der Waals surface area contributed by atoms with Crippen molar-refractivity contribution in [1.29, 1.82) is 0 Å². The van der Waals surface area contributed by atoms with E-state index in [1.54, 1.807) is 0 Å². The van der Waals surface area contributed by atoms with Gasteiger partial charge in [-0.25, -0.2) is 13.2 Å². The third-order valence-electron chi connectivity index (χ3n) is 1.96. The van der Waals surface area contributed by atoms with Gasteiger partial charge in [-0.15, -0.1) is 0 Å². The predicted octanol–water partition coefficient (Wildman–Crippen LogP) is -1.09. The number of hydrogen-bond acceptors (Lipinski definition) is 6. The monoisotopic (exact) mass is 233 g/mol. The molecule has 0 radical (unpaired) electrons. The predicted molar refractivity (Wildman–Crippen MR) is 45.5 cm³/mol. The zero-order valence-corrected chi connectivity index (χ0v) is 8.27. The third-order valence-corrected chi connectivity index (χ3v) is 3.76. The Kier molecular flexibility index (Phi) is 2.20. The largest absolute Gasteiger partial charge is 0.475 e. The van der Waals surface area contributed by atoms with Crippen LogP contribution in [0.4, 0.5) is 0 Å². The van der Waals surface area contributed by atoms with Crippen molar-refractivity contribution >= 4 is 16.0 Å². The molecule has 0 saturated carbocycles. The van der Waals surface area contributed by atoms with Crippen LogP contribution in [-0.4, -0.2) is 46.2 Å². The lowest BCUT2D eigenvalue weighted by atomic mass is 10.5. The average Bonchev–Trinajstić information content (AvgIpc) is 2.61. The number of aromatic carboxylic acids is 1. The van der Waals surface area contributed by atoms with E-state index in [9.17, 15) is 13.2 Å². The molecule has 0 aliphatic carbocycles. The fourth-order valence-corrected chi connectivity index (χ4v) is 2.15. The summed E-state index contributed by atoms with van der Waals surface area (Å²) in [5.41, 5.74) is 0. The second-order valence-electron chi connectivity index (χ2n) is 2.97. The Bertz CT molecular complexity index is 493. The molecular weight excluding hydrogens is 226 g/mol. The van der Waals surface area contributed by atoms with Gasteiger partial charge in [-0.05, 0) is 5.16 Å². The maximum atomic E-state index is 11.1. The normalized spacial score (nSPS) is 19.7. The smallest absolute Gasteiger partial charge is 0.377 e. The Morgan fingerprint density at radius 3 is 2.73 bits per heavy atom. The van der Waals surface area contributed by atoms with E-state index in [0.29, 0.717) is 6.54 Å². The van der Waals surface area contributed by atoms with Gasteiger partial charge in [0.25, 0.3) is 5.82 Å². The van der Waals surface area contributed by atoms with Gasteiger partial charge in [0, 0.05) is 6.54 Å². The van der Waals surface area contributed by atoms with Crippen LogP contribution in [0.5, 0.6) is 0 Å². The Morgan fingerprint density at radius 1 is 1.60 bits per heavy atom. The fraction of sp³-hybridized carbons (Fsp3) is 0.500. The first-order valence-corrected chi connectivity index (χ1v) is 5.64. The number of carboxylic acids is 1. The molecule has 82 valence electrons. The minimum absolute atomic E-state index is 0.0179. The van der Waals surface area contributed by atoms with E-state index in [1.807, 2.05) is 0 Å². The van der Waals surface area contributed by atoms with Crippen molar-refractivity contribution < 1.29 is 22.8 Å². The number of nitrogens with zero attached hydrogens (tertiary/aromatic N) is 3.